The predicted octanol–water partition coefficient (Wildman–Crippen LogP) is 5.45. The molecule has 0 bridgehead atoms. The summed E-state index contributed by atoms with van der Waals surface area (Å²) < 4.78 is 16.6. The summed E-state index contributed by atoms with van der Waals surface area (Å²) in [6.07, 6.45) is 1.47. The van der Waals surface area contributed by atoms with E-state index >= 15 is 0 Å². The summed E-state index contributed by atoms with van der Waals surface area (Å²) in [6.45, 7) is 0. The third-order valence-corrected chi connectivity index (χ3v) is 6.23. The number of benzene rings is 4. The van der Waals surface area contributed by atoms with Crippen LogP contribution in [0.4, 0.5) is 0 Å². The average molecular weight is 512 g/mol. The molecule has 4 aromatic carbocycles. The molecule has 1 heterocycles. The number of methoxy groups -OCH3 is 1. The molecular weight excluding hydrogens is 490 g/mol. The standard InChI is InChI=1S/C28H21N3O5S/c1-34-25-15-18(16-29-31-26(32)17-37-28-30-22-11-4-5-12-23(22)36-28)13-14-24(25)35-27(33)21-10-6-8-19-7-2-3-9-20(19)21/h2-16H,17H2,1H3,(H,31,32)/b29-16-. The van der Waals surface area contributed by atoms with Gasteiger partial charge in [-0.25, -0.2) is 15.2 Å². The first-order valence-corrected chi connectivity index (χ1v) is 12.3. The van der Waals surface area contributed by atoms with E-state index in [9.17, 15) is 9.59 Å². The number of rotatable bonds is 8. The first-order chi connectivity index (χ1) is 18.1. The van der Waals surface area contributed by atoms with Gasteiger partial charge in [0.1, 0.15) is 5.52 Å². The summed E-state index contributed by atoms with van der Waals surface area (Å²) in [5.41, 5.74) is 4.99. The van der Waals surface area contributed by atoms with Crippen molar-refractivity contribution in [2.75, 3.05) is 12.9 Å². The molecular formula is C28H21N3O5S. The molecule has 0 saturated heterocycles. The molecule has 5 rings (SSSR count). The zero-order valence-corrected chi connectivity index (χ0v) is 20.5. The highest BCUT2D eigenvalue weighted by Crippen LogP contribution is 2.29. The summed E-state index contributed by atoms with van der Waals surface area (Å²) in [5, 5.41) is 6.16. The van der Waals surface area contributed by atoms with Crippen LogP contribution in [0.3, 0.4) is 0 Å². The first-order valence-electron chi connectivity index (χ1n) is 11.3. The lowest BCUT2D eigenvalue weighted by atomic mass is 10.0. The van der Waals surface area contributed by atoms with E-state index < -0.39 is 5.97 Å². The summed E-state index contributed by atoms with van der Waals surface area (Å²) in [6, 6.07) is 25.5. The van der Waals surface area contributed by atoms with Gasteiger partial charge in [-0.1, -0.05) is 60.3 Å². The van der Waals surface area contributed by atoms with Crippen molar-refractivity contribution in [3.8, 4) is 11.5 Å². The molecule has 0 aliphatic rings. The molecule has 0 atom stereocenters. The highest BCUT2D eigenvalue weighted by atomic mass is 32.2. The van der Waals surface area contributed by atoms with Crippen LogP contribution in [0.5, 0.6) is 11.5 Å². The van der Waals surface area contributed by atoms with E-state index in [-0.39, 0.29) is 17.4 Å². The van der Waals surface area contributed by atoms with Crippen molar-refractivity contribution in [3.05, 3.63) is 96.1 Å². The minimum atomic E-state index is -0.486. The Morgan fingerprint density at radius 3 is 2.68 bits per heavy atom. The van der Waals surface area contributed by atoms with Gasteiger partial charge in [0.15, 0.2) is 17.1 Å². The fourth-order valence-electron chi connectivity index (χ4n) is 3.66. The van der Waals surface area contributed by atoms with Gasteiger partial charge in [-0.15, -0.1) is 0 Å². The lowest BCUT2D eigenvalue weighted by molar-refractivity contribution is -0.118. The van der Waals surface area contributed by atoms with Crippen molar-refractivity contribution in [3.63, 3.8) is 0 Å². The number of hydrazone groups is 1. The minimum Gasteiger partial charge on any atom is -0.493 e. The number of esters is 1. The molecule has 1 N–H and O–H groups in total. The van der Waals surface area contributed by atoms with Gasteiger partial charge < -0.3 is 13.9 Å². The van der Waals surface area contributed by atoms with E-state index in [0.717, 1.165) is 16.3 Å². The number of ether oxygens (including phenoxy) is 2. The van der Waals surface area contributed by atoms with E-state index in [4.69, 9.17) is 13.9 Å². The van der Waals surface area contributed by atoms with Crippen LogP contribution in [0.2, 0.25) is 0 Å². The number of aromatic nitrogens is 1. The molecule has 0 radical (unpaired) electrons. The summed E-state index contributed by atoms with van der Waals surface area (Å²) in [4.78, 5) is 29.4. The third-order valence-electron chi connectivity index (χ3n) is 5.40. The minimum absolute atomic E-state index is 0.0938. The van der Waals surface area contributed by atoms with Gasteiger partial charge in [-0.3, -0.25) is 4.79 Å². The molecule has 8 nitrogen and oxygen atoms in total. The Morgan fingerprint density at radius 2 is 1.81 bits per heavy atom. The Kier molecular flexibility index (Phi) is 7.14. The van der Waals surface area contributed by atoms with E-state index in [1.807, 2.05) is 60.7 Å². The number of carbonyl (C=O) groups is 2. The molecule has 0 spiro atoms. The smallest absolute Gasteiger partial charge is 0.344 e. The number of nitrogens with one attached hydrogen (secondary N) is 1. The van der Waals surface area contributed by atoms with E-state index in [0.29, 0.717) is 27.7 Å². The molecule has 0 unspecified atom stereocenters. The molecule has 37 heavy (non-hydrogen) atoms. The largest absolute Gasteiger partial charge is 0.493 e. The Hall–Kier alpha value is -4.63. The van der Waals surface area contributed by atoms with Gasteiger partial charge in [-0.2, -0.15) is 5.10 Å². The number of carbonyl (C=O) groups excluding carboxylic acids is 2. The van der Waals surface area contributed by atoms with Gasteiger partial charge in [0.25, 0.3) is 11.1 Å². The number of fused-ring (bicyclic) bond motifs is 2. The van der Waals surface area contributed by atoms with Gasteiger partial charge in [0, 0.05) is 0 Å². The van der Waals surface area contributed by atoms with Crippen molar-refractivity contribution < 1.29 is 23.5 Å². The molecule has 5 aromatic rings. The summed E-state index contributed by atoms with van der Waals surface area (Å²) in [7, 11) is 1.48. The monoisotopic (exact) mass is 511 g/mol. The van der Waals surface area contributed by atoms with E-state index in [2.05, 4.69) is 15.5 Å². The van der Waals surface area contributed by atoms with Crippen molar-refractivity contribution in [1.82, 2.24) is 10.4 Å². The highest BCUT2D eigenvalue weighted by molar-refractivity contribution is 7.99. The van der Waals surface area contributed by atoms with Gasteiger partial charge in [0.05, 0.1) is 24.6 Å². The maximum absolute atomic E-state index is 12.9. The number of amides is 1. The van der Waals surface area contributed by atoms with Crippen LogP contribution in [0, 0.1) is 0 Å². The second kappa shape index (κ2) is 11.0. The normalized spacial score (nSPS) is 11.2. The number of thioether (sulfide) groups is 1. The molecule has 0 saturated carbocycles. The first kappa shape index (κ1) is 24.1. The Labute approximate surface area is 216 Å². The lowest BCUT2D eigenvalue weighted by Crippen LogP contribution is -2.19. The summed E-state index contributed by atoms with van der Waals surface area (Å²) >= 11 is 1.18. The fourth-order valence-corrected chi connectivity index (χ4v) is 4.29. The Balaban J connectivity index is 1.19. The molecule has 184 valence electrons. The molecule has 0 aliphatic heterocycles. The SMILES string of the molecule is COc1cc(/C=N\NC(=O)CSc2nc3ccccc3o2)ccc1OC(=O)c1cccc2ccccc12. The van der Waals surface area contributed by atoms with Crippen LogP contribution >= 0.6 is 11.8 Å². The zero-order chi connectivity index (χ0) is 25.6. The van der Waals surface area contributed by atoms with Crippen LogP contribution in [-0.4, -0.2) is 35.9 Å². The summed E-state index contributed by atoms with van der Waals surface area (Å²) in [5.74, 6) is -0.0700. The van der Waals surface area contributed by atoms with Crippen LogP contribution in [0.15, 0.2) is 99.7 Å². The lowest BCUT2D eigenvalue weighted by Gasteiger charge is -2.11. The number of hydrogen-bond acceptors (Lipinski definition) is 8. The van der Waals surface area contributed by atoms with Crippen LogP contribution in [0.1, 0.15) is 15.9 Å². The molecule has 1 aromatic heterocycles. The Morgan fingerprint density at radius 1 is 1.00 bits per heavy atom. The second-order valence-corrected chi connectivity index (χ2v) is 8.78. The molecule has 1 amide bonds. The maximum atomic E-state index is 12.9. The molecule has 0 fully saturated rings. The van der Waals surface area contributed by atoms with Crippen LogP contribution in [-0.2, 0) is 4.79 Å². The Bertz CT molecular complexity index is 1590. The van der Waals surface area contributed by atoms with Crippen molar-refractivity contribution >= 4 is 51.7 Å². The molecule has 9 heteroatoms. The van der Waals surface area contributed by atoms with Crippen molar-refractivity contribution in [1.29, 1.82) is 0 Å². The average Bonchev–Trinajstić information content (AvgIpc) is 3.35. The number of oxazole rings is 1. The number of hydrogen-bond donors (Lipinski definition) is 1. The molecule has 0 aliphatic carbocycles. The highest BCUT2D eigenvalue weighted by Gasteiger charge is 2.15. The number of para-hydroxylation sites is 2. The second-order valence-electron chi connectivity index (χ2n) is 7.86. The van der Waals surface area contributed by atoms with Crippen LogP contribution < -0.4 is 14.9 Å². The van der Waals surface area contributed by atoms with Gasteiger partial charge in [-0.05, 0) is 52.7 Å². The van der Waals surface area contributed by atoms with Crippen LogP contribution in [0.25, 0.3) is 21.9 Å². The zero-order valence-electron chi connectivity index (χ0n) is 19.7. The van der Waals surface area contributed by atoms with Gasteiger partial charge in [0.2, 0.25) is 0 Å². The fraction of sp³-hybridized carbons (Fsp3) is 0.0714. The van der Waals surface area contributed by atoms with Crippen molar-refractivity contribution in [2.24, 2.45) is 5.10 Å². The maximum Gasteiger partial charge on any atom is 0.344 e. The topological polar surface area (TPSA) is 103 Å². The third kappa shape index (κ3) is 5.62. The van der Waals surface area contributed by atoms with E-state index in [1.165, 1.54) is 25.1 Å². The quantitative estimate of drug-likeness (QED) is 0.0971. The van der Waals surface area contributed by atoms with E-state index in [1.54, 1.807) is 24.3 Å². The predicted molar refractivity (Wildman–Crippen MR) is 142 cm³/mol. The van der Waals surface area contributed by atoms with Gasteiger partial charge >= 0.3 is 5.97 Å². The number of nitrogens with zero attached hydrogens (tertiary/aromatic N) is 2. The van der Waals surface area contributed by atoms with Crippen molar-refractivity contribution in [2.45, 2.75) is 5.22 Å².